The molecule has 1 aromatic heterocycles. The van der Waals surface area contributed by atoms with Crippen LogP contribution in [0, 0.1) is 12.8 Å². The van der Waals surface area contributed by atoms with Crippen LogP contribution in [0.2, 0.25) is 0 Å². The van der Waals surface area contributed by atoms with Gasteiger partial charge in [0.05, 0.1) is 0 Å². The van der Waals surface area contributed by atoms with Crippen molar-refractivity contribution in [2.24, 2.45) is 17.4 Å². The quantitative estimate of drug-likeness (QED) is 0.751. The Morgan fingerprint density at radius 3 is 2.81 bits per heavy atom. The van der Waals surface area contributed by atoms with Crippen molar-refractivity contribution < 1.29 is 4.79 Å². The number of aromatic nitrogens is 2. The van der Waals surface area contributed by atoms with Crippen molar-refractivity contribution in [3.8, 4) is 0 Å². The van der Waals surface area contributed by atoms with Crippen LogP contribution in [0.25, 0.3) is 0 Å². The minimum atomic E-state index is -0.885. The lowest BCUT2D eigenvalue weighted by Gasteiger charge is -2.24. The predicted molar refractivity (Wildman–Crippen MR) is 64.2 cm³/mol. The van der Waals surface area contributed by atoms with Gasteiger partial charge in [-0.05, 0) is 37.2 Å². The molecule has 0 radical (unpaired) electrons. The maximum absolute atomic E-state index is 11.4. The highest BCUT2D eigenvalue weighted by Crippen LogP contribution is 2.40. The highest BCUT2D eigenvalue weighted by molar-refractivity contribution is 8.01. The summed E-state index contributed by atoms with van der Waals surface area (Å²) in [5.74, 6) is 1.07. The molecule has 0 aliphatic heterocycles. The highest BCUT2D eigenvalue weighted by Gasteiger charge is 2.46. The van der Waals surface area contributed by atoms with E-state index in [1.54, 1.807) is 0 Å². The summed E-state index contributed by atoms with van der Waals surface area (Å²) in [6, 6.07) is 0. The Labute approximate surface area is 102 Å². The third kappa shape index (κ3) is 2.36. The molecule has 1 saturated carbocycles. The van der Waals surface area contributed by atoms with E-state index < -0.39 is 11.4 Å². The average molecular weight is 258 g/mol. The largest absolute Gasteiger partial charge is 0.368 e. The first kappa shape index (κ1) is 11.8. The zero-order valence-corrected chi connectivity index (χ0v) is 10.6. The van der Waals surface area contributed by atoms with Gasteiger partial charge in [0.25, 0.3) is 0 Å². The van der Waals surface area contributed by atoms with Gasteiger partial charge in [0.15, 0.2) is 4.34 Å². The van der Waals surface area contributed by atoms with Crippen LogP contribution in [-0.2, 0) is 4.79 Å². The Balaban J connectivity index is 1.99. The molecular formula is C9H14N4OS2. The van der Waals surface area contributed by atoms with E-state index in [1.807, 2.05) is 6.92 Å². The number of rotatable bonds is 5. The van der Waals surface area contributed by atoms with Gasteiger partial charge in [0.2, 0.25) is 5.91 Å². The van der Waals surface area contributed by atoms with Crippen molar-refractivity contribution >= 4 is 29.2 Å². The molecule has 1 fully saturated rings. The molecule has 4 N–H and O–H groups in total. The van der Waals surface area contributed by atoms with E-state index in [0.717, 1.165) is 23.0 Å². The van der Waals surface area contributed by atoms with E-state index in [2.05, 4.69) is 9.36 Å². The number of primary amides is 1. The second-order valence-electron chi connectivity index (χ2n) is 4.08. The van der Waals surface area contributed by atoms with Crippen LogP contribution in [0.15, 0.2) is 4.34 Å². The lowest BCUT2D eigenvalue weighted by Crippen LogP contribution is -2.56. The van der Waals surface area contributed by atoms with E-state index in [0.29, 0.717) is 5.75 Å². The number of aryl methyl sites for hydroxylation is 1. The minimum absolute atomic E-state index is 0.242. The fourth-order valence-electron chi connectivity index (χ4n) is 1.51. The topological polar surface area (TPSA) is 94.9 Å². The predicted octanol–water partition coefficient (Wildman–Crippen LogP) is 0.531. The van der Waals surface area contributed by atoms with Crippen LogP contribution in [0.3, 0.4) is 0 Å². The fraction of sp³-hybridized carbons (Fsp3) is 0.667. The highest BCUT2D eigenvalue weighted by atomic mass is 32.2. The molecule has 0 aromatic carbocycles. The van der Waals surface area contributed by atoms with Crippen molar-refractivity contribution in [2.75, 3.05) is 5.75 Å². The molecular weight excluding hydrogens is 244 g/mol. The van der Waals surface area contributed by atoms with Crippen molar-refractivity contribution in [3.05, 3.63) is 5.82 Å². The van der Waals surface area contributed by atoms with Crippen LogP contribution in [0.1, 0.15) is 18.7 Å². The Bertz CT molecular complexity index is 404. The molecule has 5 nitrogen and oxygen atoms in total. The molecule has 16 heavy (non-hydrogen) atoms. The van der Waals surface area contributed by atoms with E-state index in [4.69, 9.17) is 11.5 Å². The molecule has 0 bridgehead atoms. The number of thioether (sulfide) groups is 1. The van der Waals surface area contributed by atoms with Gasteiger partial charge in [-0.25, -0.2) is 4.98 Å². The van der Waals surface area contributed by atoms with Crippen molar-refractivity contribution in [1.29, 1.82) is 0 Å². The molecule has 1 unspecified atom stereocenters. The summed E-state index contributed by atoms with van der Waals surface area (Å²) in [6.45, 7) is 1.84. The van der Waals surface area contributed by atoms with Gasteiger partial charge in [-0.3, -0.25) is 4.79 Å². The Morgan fingerprint density at radius 2 is 2.38 bits per heavy atom. The van der Waals surface area contributed by atoms with E-state index in [1.165, 1.54) is 23.3 Å². The second kappa shape index (κ2) is 4.31. The van der Waals surface area contributed by atoms with Crippen molar-refractivity contribution in [1.82, 2.24) is 9.36 Å². The number of carbonyl (C=O) groups excluding carboxylic acids is 1. The third-order valence-electron chi connectivity index (χ3n) is 2.71. The molecule has 1 amide bonds. The molecule has 7 heteroatoms. The maximum atomic E-state index is 11.4. The van der Waals surface area contributed by atoms with Gasteiger partial charge in [-0.2, -0.15) is 4.37 Å². The van der Waals surface area contributed by atoms with Gasteiger partial charge in [-0.15, -0.1) is 0 Å². The lowest BCUT2D eigenvalue weighted by molar-refractivity contribution is -0.123. The molecule has 1 heterocycles. The average Bonchev–Trinajstić information content (AvgIpc) is 2.99. The van der Waals surface area contributed by atoms with E-state index in [9.17, 15) is 4.79 Å². The van der Waals surface area contributed by atoms with Gasteiger partial charge < -0.3 is 11.5 Å². The Hall–Kier alpha value is -0.660. The normalized spacial score (nSPS) is 19.4. The molecule has 1 aliphatic rings. The Kier molecular flexibility index (Phi) is 3.18. The number of carbonyl (C=O) groups is 1. The Morgan fingerprint density at radius 1 is 1.69 bits per heavy atom. The molecule has 1 aliphatic carbocycles. The van der Waals surface area contributed by atoms with E-state index >= 15 is 0 Å². The molecule has 0 spiro atoms. The van der Waals surface area contributed by atoms with E-state index in [-0.39, 0.29) is 5.92 Å². The molecule has 0 saturated heterocycles. The molecule has 88 valence electrons. The number of hydrogen-bond donors (Lipinski definition) is 2. The van der Waals surface area contributed by atoms with Crippen LogP contribution >= 0.6 is 23.3 Å². The zero-order chi connectivity index (χ0) is 11.8. The third-order valence-corrected chi connectivity index (χ3v) is 4.85. The summed E-state index contributed by atoms with van der Waals surface area (Å²) < 4.78 is 4.92. The summed E-state index contributed by atoms with van der Waals surface area (Å²) in [5.41, 5.74) is 10.5. The van der Waals surface area contributed by atoms with Crippen LogP contribution in [0.4, 0.5) is 0 Å². The second-order valence-corrected chi connectivity index (χ2v) is 6.05. The zero-order valence-electron chi connectivity index (χ0n) is 8.97. The summed E-state index contributed by atoms with van der Waals surface area (Å²) in [6.07, 6.45) is 1.99. The van der Waals surface area contributed by atoms with Crippen molar-refractivity contribution in [3.63, 3.8) is 0 Å². The monoisotopic (exact) mass is 258 g/mol. The molecule has 1 aromatic rings. The number of amides is 1. The minimum Gasteiger partial charge on any atom is -0.368 e. The lowest BCUT2D eigenvalue weighted by atomic mass is 9.96. The standard InChI is InChI=1S/C9H14N4OS2/c1-5-12-8(16-13-5)15-4-9(11,7(10)14)6-2-3-6/h6H,2-4,11H2,1H3,(H2,10,14). The first-order valence-corrected chi connectivity index (χ1v) is 6.80. The summed E-state index contributed by atoms with van der Waals surface area (Å²) >= 11 is 2.79. The number of nitrogens with zero attached hydrogens (tertiary/aromatic N) is 2. The number of hydrogen-bond acceptors (Lipinski definition) is 6. The van der Waals surface area contributed by atoms with Gasteiger partial charge >= 0.3 is 0 Å². The van der Waals surface area contributed by atoms with Gasteiger partial charge in [0, 0.05) is 5.75 Å². The first-order valence-electron chi connectivity index (χ1n) is 5.04. The fourth-order valence-corrected chi connectivity index (χ4v) is 3.37. The molecule has 2 rings (SSSR count). The summed E-state index contributed by atoms with van der Waals surface area (Å²) in [5, 5.41) is 0. The van der Waals surface area contributed by atoms with Gasteiger partial charge in [0.1, 0.15) is 11.4 Å². The van der Waals surface area contributed by atoms with Crippen molar-refractivity contribution in [2.45, 2.75) is 29.6 Å². The molecule has 1 atom stereocenters. The summed E-state index contributed by atoms with van der Waals surface area (Å²) in [4.78, 5) is 15.6. The maximum Gasteiger partial charge on any atom is 0.238 e. The SMILES string of the molecule is Cc1nsc(SCC(N)(C(N)=O)C2CC2)n1. The van der Waals surface area contributed by atoms with Crippen LogP contribution < -0.4 is 11.5 Å². The van der Waals surface area contributed by atoms with Crippen LogP contribution in [-0.4, -0.2) is 26.6 Å². The summed E-state index contributed by atoms with van der Waals surface area (Å²) in [7, 11) is 0. The van der Waals surface area contributed by atoms with Gasteiger partial charge in [-0.1, -0.05) is 11.8 Å². The van der Waals surface area contributed by atoms with Crippen LogP contribution in [0.5, 0.6) is 0 Å². The smallest absolute Gasteiger partial charge is 0.238 e. The first-order chi connectivity index (χ1) is 7.52. The number of nitrogens with two attached hydrogens (primary N) is 2.